The van der Waals surface area contributed by atoms with Crippen LogP contribution in [0, 0.1) is 0 Å². The molecule has 0 unspecified atom stereocenters. The van der Waals surface area contributed by atoms with Crippen LogP contribution in [0.3, 0.4) is 0 Å². The molecular formula is C25H20N4OS. The van der Waals surface area contributed by atoms with Gasteiger partial charge >= 0.3 is 0 Å². The topological polar surface area (TPSA) is 63.6 Å². The summed E-state index contributed by atoms with van der Waals surface area (Å²) in [4.78, 5) is 16.8. The highest BCUT2D eigenvalue weighted by molar-refractivity contribution is 7.99. The van der Waals surface area contributed by atoms with Crippen LogP contribution in [0.15, 0.2) is 99.8 Å². The highest BCUT2D eigenvalue weighted by Gasteiger charge is 2.20. The smallest absolute Gasteiger partial charge is 0.263 e. The lowest BCUT2D eigenvalue weighted by Crippen LogP contribution is -2.11. The van der Waals surface area contributed by atoms with Crippen molar-refractivity contribution in [2.24, 2.45) is 0 Å². The SMILES string of the molecule is CCn1c(Sc2c(-c3ccccc3)c3ccccc3[nH]c2=O)nnc1-c1ccccc1. The Morgan fingerprint density at radius 1 is 0.839 bits per heavy atom. The Balaban J connectivity index is 1.70. The average molecular weight is 425 g/mol. The fourth-order valence-electron chi connectivity index (χ4n) is 3.76. The molecule has 6 heteroatoms. The second kappa shape index (κ2) is 8.24. The fraction of sp³-hybridized carbons (Fsp3) is 0.0800. The molecule has 31 heavy (non-hydrogen) atoms. The van der Waals surface area contributed by atoms with E-state index >= 15 is 0 Å². The average Bonchev–Trinajstić information content (AvgIpc) is 3.23. The lowest BCUT2D eigenvalue weighted by atomic mass is 10.0. The van der Waals surface area contributed by atoms with Gasteiger partial charge in [0.15, 0.2) is 11.0 Å². The van der Waals surface area contributed by atoms with E-state index < -0.39 is 0 Å². The molecule has 5 aromatic rings. The minimum absolute atomic E-state index is 0.130. The van der Waals surface area contributed by atoms with Crippen LogP contribution in [0.5, 0.6) is 0 Å². The molecule has 3 aromatic carbocycles. The van der Waals surface area contributed by atoms with E-state index in [1.165, 1.54) is 11.8 Å². The third-order valence-electron chi connectivity index (χ3n) is 5.20. The van der Waals surface area contributed by atoms with E-state index in [1.807, 2.05) is 89.5 Å². The highest BCUT2D eigenvalue weighted by atomic mass is 32.2. The van der Waals surface area contributed by atoms with Gasteiger partial charge < -0.3 is 9.55 Å². The number of hydrogen-bond acceptors (Lipinski definition) is 4. The van der Waals surface area contributed by atoms with Gasteiger partial charge in [-0.1, -0.05) is 78.9 Å². The van der Waals surface area contributed by atoms with E-state index in [9.17, 15) is 4.79 Å². The van der Waals surface area contributed by atoms with Gasteiger partial charge in [0.25, 0.3) is 5.56 Å². The Morgan fingerprint density at radius 3 is 2.19 bits per heavy atom. The van der Waals surface area contributed by atoms with Crippen LogP contribution >= 0.6 is 11.8 Å². The molecule has 5 nitrogen and oxygen atoms in total. The molecule has 0 spiro atoms. The van der Waals surface area contributed by atoms with Crippen molar-refractivity contribution in [1.82, 2.24) is 19.7 Å². The number of rotatable bonds is 5. The van der Waals surface area contributed by atoms with Crippen molar-refractivity contribution in [3.63, 3.8) is 0 Å². The zero-order chi connectivity index (χ0) is 21.2. The number of nitrogens with zero attached hydrogens (tertiary/aromatic N) is 3. The molecule has 2 aromatic heterocycles. The molecule has 1 N–H and O–H groups in total. The van der Waals surface area contributed by atoms with Crippen molar-refractivity contribution < 1.29 is 0 Å². The fourth-order valence-corrected chi connectivity index (χ4v) is 4.82. The van der Waals surface area contributed by atoms with Gasteiger partial charge in [-0.2, -0.15) is 0 Å². The zero-order valence-electron chi connectivity index (χ0n) is 16.9. The first kappa shape index (κ1) is 19.3. The van der Waals surface area contributed by atoms with Gasteiger partial charge in [-0.3, -0.25) is 4.79 Å². The number of benzene rings is 3. The maximum absolute atomic E-state index is 13.2. The lowest BCUT2D eigenvalue weighted by molar-refractivity contribution is 0.687. The van der Waals surface area contributed by atoms with Crippen LogP contribution < -0.4 is 5.56 Å². The summed E-state index contributed by atoms with van der Waals surface area (Å²) in [5.74, 6) is 0.795. The third kappa shape index (κ3) is 3.55. The molecule has 152 valence electrons. The summed E-state index contributed by atoms with van der Waals surface area (Å²) < 4.78 is 2.05. The number of H-pyrrole nitrogens is 1. The van der Waals surface area contributed by atoms with E-state index in [2.05, 4.69) is 22.1 Å². The molecule has 0 atom stereocenters. The normalized spacial score (nSPS) is 11.1. The number of hydrogen-bond donors (Lipinski definition) is 1. The molecule has 0 radical (unpaired) electrons. The number of aromatic nitrogens is 4. The van der Waals surface area contributed by atoms with E-state index in [0.717, 1.165) is 33.4 Å². The number of pyridine rings is 1. The molecule has 0 bridgehead atoms. The number of fused-ring (bicyclic) bond motifs is 1. The summed E-state index contributed by atoms with van der Waals surface area (Å²) in [6, 6.07) is 27.9. The maximum atomic E-state index is 13.2. The first-order valence-corrected chi connectivity index (χ1v) is 10.9. The van der Waals surface area contributed by atoms with Gasteiger partial charge in [0.1, 0.15) is 0 Å². The first-order valence-electron chi connectivity index (χ1n) is 10.1. The Bertz CT molecular complexity index is 1410. The van der Waals surface area contributed by atoms with Gasteiger partial charge in [0.2, 0.25) is 0 Å². The molecule has 0 saturated heterocycles. The molecule has 0 aliphatic heterocycles. The van der Waals surface area contributed by atoms with E-state index in [0.29, 0.717) is 16.6 Å². The van der Waals surface area contributed by atoms with Crippen molar-refractivity contribution in [3.8, 4) is 22.5 Å². The van der Waals surface area contributed by atoms with Crippen molar-refractivity contribution in [3.05, 3.63) is 95.3 Å². The van der Waals surface area contributed by atoms with Crippen molar-refractivity contribution in [2.45, 2.75) is 23.5 Å². The summed E-state index contributed by atoms with van der Waals surface area (Å²) in [6.07, 6.45) is 0. The van der Waals surface area contributed by atoms with Crippen LogP contribution in [0.25, 0.3) is 33.4 Å². The van der Waals surface area contributed by atoms with E-state index in [1.54, 1.807) is 0 Å². The van der Waals surface area contributed by atoms with E-state index in [4.69, 9.17) is 0 Å². The second-order valence-electron chi connectivity index (χ2n) is 7.09. The van der Waals surface area contributed by atoms with Crippen molar-refractivity contribution >= 4 is 22.7 Å². The Morgan fingerprint density at radius 2 is 1.48 bits per heavy atom. The molecular weight excluding hydrogens is 404 g/mol. The Labute approximate surface area is 183 Å². The molecule has 0 aliphatic rings. The highest BCUT2D eigenvalue weighted by Crippen LogP contribution is 2.37. The number of para-hydroxylation sites is 1. The van der Waals surface area contributed by atoms with Gasteiger partial charge in [-0.25, -0.2) is 0 Å². The van der Waals surface area contributed by atoms with Crippen molar-refractivity contribution in [2.75, 3.05) is 0 Å². The van der Waals surface area contributed by atoms with Crippen LogP contribution in [-0.2, 0) is 6.54 Å². The molecule has 0 saturated carbocycles. The van der Waals surface area contributed by atoms with Crippen LogP contribution in [0.4, 0.5) is 0 Å². The minimum Gasteiger partial charge on any atom is -0.321 e. The molecule has 0 amide bonds. The van der Waals surface area contributed by atoms with Crippen LogP contribution in [0.2, 0.25) is 0 Å². The predicted molar refractivity (Wildman–Crippen MR) is 125 cm³/mol. The van der Waals surface area contributed by atoms with Gasteiger partial charge in [-0.05, 0) is 30.3 Å². The molecule has 0 fully saturated rings. The second-order valence-corrected chi connectivity index (χ2v) is 8.07. The summed E-state index contributed by atoms with van der Waals surface area (Å²) in [5.41, 5.74) is 3.60. The summed E-state index contributed by atoms with van der Waals surface area (Å²) >= 11 is 1.36. The monoisotopic (exact) mass is 424 g/mol. The summed E-state index contributed by atoms with van der Waals surface area (Å²) in [5, 5.41) is 10.6. The molecule has 5 rings (SSSR count). The van der Waals surface area contributed by atoms with Crippen molar-refractivity contribution in [1.29, 1.82) is 0 Å². The molecule has 2 heterocycles. The Hall–Kier alpha value is -3.64. The van der Waals surface area contributed by atoms with Gasteiger partial charge in [0, 0.05) is 28.6 Å². The molecule has 0 aliphatic carbocycles. The lowest BCUT2D eigenvalue weighted by Gasteiger charge is -2.13. The number of aromatic amines is 1. The summed E-state index contributed by atoms with van der Waals surface area (Å²) in [7, 11) is 0. The first-order chi connectivity index (χ1) is 15.3. The van der Waals surface area contributed by atoms with Crippen LogP contribution in [-0.4, -0.2) is 19.7 Å². The van der Waals surface area contributed by atoms with Crippen LogP contribution in [0.1, 0.15) is 6.92 Å². The predicted octanol–water partition coefficient (Wildman–Crippen LogP) is 5.62. The minimum atomic E-state index is -0.130. The quantitative estimate of drug-likeness (QED) is 0.397. The van der Waals surface area contributed by atoms with Gasteiger partial charge in [0.05, 0.1) is 4.90 Å². The number of nitrogens with one attached hydrogen (secondary N) is 1. The largest absolute Gasteiger partial charge is 0.321 e. The third-order valence-corrected chi connectivity index (χ3v) is 6.28. The van der Waals surface area contributed by atoms with Gasteiger partial charge in [-0.15, -0.1) is 10.2 Å². The van der Waals surface area contributed by atoms with E-state index in [-0.39, 0.29) is 5.56 Å². The summed E-state index contributed by atoms with van der Waals surface area (Å²) in [6.45, 7) is 2.76. The standard InChI is InChI=1S/C25H20N4OS/c1-2-29-23(18-13-7-4-8-14-18)27-28-25(29)31-22-21(17-11-5-3-6-12-17)19-15-9-10-16-20(19)26-24(22)30/h3-16H,2H2,1H3,(H,26,30). The zero-order valence-corrected chi connectivity index (χ0v) is 17.8. The maximum Gasteiger partial charge on any atom is 0.263 e. The Kier molecular flexibility index (Phi) is 5.14.